The van der Waals surface area contributed by atoms with E-state index < -0.39 is 11.9 Å². The number of aliphatic carboxylic acids is 1. The Morgan fingerprint density at radius 2 is 1.96 bits per heavy atom. The van der Waals surface area contributed by atoms with Crippen molar-refractivity contribution in [3.05, 3.63) is 29.8 Å². The molecule has 23 heavy (non-hydrogen) atoms. The van der Waals surface area contributed by atoms with Gasteiger partial charge in [-0.15, -0.1) is 0 Å². The Labute approximate surface area is 138 Å². The maximum Gasteiger partial charge on any atom is 0.308 e. The number of rotatable bonds is 9. The maximum atomic E-state index is 12.1. The van der Waals surface area contributed by atoms with Gasteiger partial charge in [0, 0.05) is 13.0 Å². The Kier molecular flexibility index (Phi) is 7.59. The summed E-state index contributed by atoms with van der Waals surface area (Å²) in [7, 11) is 1.61. The number of hydrogen-bond acceptors (Lipinski definition) is 3. The predicted molar refractivity (Wildman–Crippen MR) is 89.6 cm³/mol. The largest absolute Gasteiger partial charge is 0.497 e. The average molecular weight is 321 g/mol. The molecular formula is C18H27NO4. The van der Waals surface area contributed by atoms with Crippen LogP contribution in [0, 0.1) is 11.8 Å². The highest BCUT2D eigenvalue weighted by Crippen LogP contribution is 2.23. The zero-order chi connectivity index (χ0) is 17.4. The number of amides is 1. The molecule has 1 aromatic carbocycles. The lowest BCUT2D eigenvalue weighted by atomic mass is 9.96. The topological polar surface area (TPSA) is 75.6 Å². The first-order chi connectivity index (χ1) is 10.8. The number of benzene rings is 1. The van der Waals surface area contributed by atoms with E-state index in [-0.39, 0.29) is 24.3 Å². The third-order valence-corrected chi connectivity index (χ3v) is 3.81. The third-order valence-electron chi connectivity index (χ3n) is 3.81. The van der Waals surface area contributed by atoms with Crippen LogP contribution in [0.1, 0.15) is 45.1 Å². The first kappa shape index (κ1) is 19.0. The SMILES string of the molecule is COc1cccc(C(C)CC(=O)NCC(CC(C)C)C(=O)O)c1. The van der Waals surface area contributed by atoms with Gasteiger partial charge in [-0.25, -0.2) is 0 Å². The van der Waals surface area contributed by atoms with E-state index >= 15 is 0 Å². The molecule has 1 amide bonds. The molecule has 128 valence electrons. The normalized spacial score (nSPS) is 13.4. The van der Waals surface area contributed by atoms with Crippen molar-refractivity contribution in [1.82, 2.24) is 5.32 Å². The molecule has 2 N–H and O–H groups in total. The molecule has 0 bridgehead atoms. The van der Waals surface area contributed by atoms with Crippen LogP contribution in [-0.2, 0) is 9.59 Å². The number of carboxylic acids is 1. The lowest BCUT2D eigenvalue weighted by molar-refractivity contribution is -0.142. The molecule has 0 spiro atoms. The van der Waals surface area contributed by atoms with E-state index in [1.54, 1.807) is 7.11 Å². The highest BCUT2D eigenvalue weighted by Gasteiger charge is 2.20. The fourth-order valence-corrected chi connectivity index (χ4v) is 2.49. The van der Waals surface area contributed by atoms with E-state index in [0.29, 0.717) is 12.8 Å². The molecule has 0 radical (unpaired) electrons. The number of nitrogens with one attached hydrogen (secondary N) is 1. The summed E-state index contributed by atoms with van der Waals surface area (Å²) in [4.78, 5) is 23.3. The second-order valence-electron chi connectivity index (χ2n) is 6.35. The molecule has 0 aliphatic heterocycles. The molecular weight excluding hydrogens is 294 g/mol. The molecule has 0 heterocycles. The fourth-order valence-electron chi connectivity index (χ4n) is 2.49. The van der Waals surface area contributed by atoms with Crippen molar-refractivity contribution in [1.29, 1.82) is 0 Å². The summed E-state index contributed by atoms with van der Waals surface area (Å²) in [6, 6.07) is 7.63. The molecule has 2 unspecified atom stereocenters. The molecule has 1 rings (SSSR count). The summed E-state index contributed by atoms with van der Waals surface area (Å²) in [6.07, 6.45) is 0.877. The molecule has 1 aromatic rings. The van der Waals surface area contributed by atoms with Crippen molar-refractivity contribution >= 4 is 11.9 Å². The van der Waals surface area contributed by atoms with Gasteiger partial charge in [0.05, 0.1) is 13.0 Å². The van der Waals surface area contributed by atoms with Crippen molar-refractivity contribution in [2.75, 3.05) is 13.7 Å². The van der Waals surface area contributed by atoms with E-state index in [4.69, 9.17) is 4.74 Å². The second-order valence-corrected chi connectivity index (χ2v) is 6.35. The number of hydrogen-bond donors (Lipinski definition) is 2. The number of carbonyl (C=O) groups excluding carboxylic acids is 1. The molecule has 0 aliphatic carbocycles. The van der Waals surface area contributed by atoms with Gasteiger partial charge in [0.15, 0.2) is 0 Å². The van der Waals surface area contributed by atoms with Crippen molar-refractivity contribution < 1.29 is 19.4 Å². The first-order valence-electron chi connectivity index (χ1n) is 7.97. The van der Waals surface area contributed by atoms with Crippen LogP contribution in [0.15, 0.2) is 24.3 Å². The van der Waals surface area contributed by atoms with Gasteiger partial charge in [0.2, 0.25) is 5.91 Å². The minimum Gasteiger partial charge on any atom is -0.497 e. The minimum atomic E-state index is -0.861. The standard InChI is InChI=1S/C18H27NO4/c1-12(2)8-15(18(21)22)11-19-17(20)9-13(3)14-6-5-7-16(10-14)23-4/h5-7,10,12-13,15H,8-9,11H2,1-4H3,(H,19,20)(H,21,22). The highest BCUT2D eigenvalue weighted by molar-refractivity contribution is 5.78. The van der Waals surface area contributed by atoms with E-state index in [1.807, 2.05) is 45.0 Å². The van der Waals surface area contributed by atoms with Gasteiger partial charge in [-0.2, -0.15) is 0 Å². The second kappa shape index (κ2) is 9.18. The van der Waals surface area contributed by atoms with Gasteiger partial charge in [0.25, 0.3) is 0 Å². The lowest BCUT2D eigenvalue weighted by Crippen LogP contribution is -2.34. The summed E-state index contributed by atoms with van der Waals surface area (Å²) in [6.45, 7) is 6.10. The fraction of sp³-hybridized carbons (Fsp3) is 0.556. The predicted octanol–water partition coefficient (Wildman–Crippen LogP) is 3.05. The quantitative estimate of drug-likeness (QED) is 0.733. The summed E-state index contributed by atoms with van der Waals surface area (Å²) < 4.78 is 5.19. The average Bonchev–Trinajstić information content (AvgIpc) is 2.50. The number of carboxylic acid groups (broad SMARTS) is 1. The zero-order valence-corrected chi connectivity index (χ0v) is 14.3. The third kappa shape index (κ3) is 6.72. The Hall–Kier alpha value is -2.04. The summed E-state index contributed by atoms with van der Waals surface area (Å²) in [5, 5.41) is 11.9. The van der Waals surface area contributed by atoms with E-state index in [9.17, 15) is 14.7 Å². The van der Waals surface area contributed by atoms with E-state index in [0.717, 1.165) is 11.3 Å². The Morgan fingerprint density at radius 3 is 2.52 bits per heavy atom. The molecule has 0 fully saturated rings. The molecule has 5 nitrogen and oxygen atoms in total. The van der Waals surface area contributed by atoms with Gasteiger partial charge in [0.1, 0.15) is 5.75 Å². The van der Waals surface area contributed by atoms with Crippen LogP contribution < -0.4 is 10.1 Å². The van der Waals surface area contributed by atoms with Crippen LogP contribution in [0.25, 0.3) is 0 Å². The van der Waals surface area contributed by atoms with Gasteiger partial charge in [-0.1, -0.05) is 32.9 Å². The first-order valence-corrected chi connectivity index (χ1v) is 7.97. The summed E-state index contributed by atoms with van der Waals surface area (Å²) in [5.41, 5.74) is 1.02. The Morgan fingerprint density at radius 1 is 1.26 bits per heavy atom. The van der Waals surface area contributed by atoms with E-state index in [2.05, 4.69) is 5.32 Å². The molecule has 5 heteroatoms. The molecule has 2 atom stereocenters. The van der Waals surface area contributed by atoms with Gasteiger partial charge >= 0.3 is 5.97 Å². The minimum absolute atomic E-state index is 0.0403. The molecule has 0 aromatic heterocycles. The number of ether oxygens (including phenoxy) is 1. The Bertz CT molecular complexity index is 528. The summed E-state index contributed by atoms with van der Waals surface area (Å²) in [5.74, 6) is -0.443. The van der Waals surface area contributed by atoms with Crippen molar-refractivity contribution in [3.8, 4) is 5.75 Å². The van der Waals surface area contributed by atoms with Gasteiger partial charge in [-0.05, 0) is 36.0 Å². The van der Waals surface area contributed by atoms with Gasteiger partial charge in [-0.3, -0.25) is 9.59 Å². The molecule has 0 aliphatic rings. The van der Waals surface area contributed by atoms with Crippen LogP contribution in [0.4, 0.5) is 0 Å². The van der Waals surface area contributed by atoms with Crippen LogP contribution >= 0.6 is 0 Å². The van der Waals surface area contributed by atoms with Crippen LogP contribution in [-0.4, -0.2) is 30.6 Å². The van der Waals surface area contributed by atoms with Crippen LogP contribution in [0.3, 0.4) is 0 Å². The summed E-state index contributed by atoms with van der Waals surface area (Å²) >= 11 is 0. The van der Waals surface area contributed by atoms with E-state index in [1.165, 1.54) is 0 Å². The highest BCUT2D eigenvalue weighted by atomic mass is 16.5. The monoisotopic (exact) mass is 321 g/mol. The number of carbonyl (C=O) groups is 2. The van der Waals surface area contributed by atoms with Crippen LogP contribution in [0.2, 0.25) is 0 Å². The smallest absolute Gasteiger partial charge is 0.308 e. The lowest BCUT2D eigenvalue weighted by Gasteiger charge is -2.17. The van der Waals surface area contributed by atoms with Crippen molar-refractivity contribution in [3.63, 3.8) is 0 Å². The van der Waals surface area contributed by atoms with Crippen molar-refractivity contribution in [2.45, 2.75) is 39.5 Å². The van der Waals surface area contributed by atoms with Crippen molar-refractivity contribution in [2.24, 2.45) is 11.8 Å². The Balaban J connectivity index is 2.53. The molecule has 0 saturated carbocycles. The molecule has 0 saturated heterocycles. The maximum absolute atomic E-state index is 12.1. The number of methoxy groups -OCH3 is 1. The van der Waals surface area contributed by atoms with Crippen LogP contribution in [0.5, 0.6) is 5.75 Å². The van der Waals surface area contributed by atoms with Gasteiger partial charge < -0.3 is 15.2 Å². The zero-order valence-electron chi connectivity index (χ0n) is 14.3.